The average molecular weight is 548 g/mol. The third-order valence-electron chi connectivity index (χ3n) is 8.68. The van der Waals surface area contributed by atoms with E-state index < -0.39 is 0 Å². The Bertz CT molecular complexity index is 1020. The topological polar surface area (TPSA) is 74.3 Å². The zero-order valence-corrected chi connectivity index (χ0v) is 24.0. The second kappa shape index (κ2) is 13.8. The van der Waals surface area contributed by atoms with Gasteiger partial charge in [0.05, 0.1) is 69.7 Å². The third-order valence-corrected chi connectivity index (χ3v) is 9.73. The van der Waals surface area contributed by atoms with Gasteiger partial charge in [0.15, 0.2) is 5.13 Å². The second-order valence-electron chi connectivity index (χ2n) is 10.8. The van der Waals surface area contributed by atoms with Crippen molar-refractivity contribution in [3.05, 3.63) is 23.3 Å². The normalized spacial score (nSPS) is 24.9. The molecule has 1 saturated heterocycles. The van der Waals surface area contributed by atoms with Crippen LogP contribution in [0.5, 0.6) is 0 Å². The Balaban J connectivity index is 1.04. The maximum Gasteiger partial charge on any atom is 0.183 e. The van der Waals surface area contributed by atoms with Gasteiger partial charge in [-0.2, -0.15) is 0 Å². The molecule has 0 spiro atoms. The predicted molar refractivity (Wildman–Crippen MR) is 152 cm³/mol. The van der Waals surface area contributed by atoms with E-state index in [1.165, 1.54) is 49.8 Å². The third kappa shape index (κ3) is 6.35. The summed E-state index contributed by atoms with van der Waals surface area (Å²) in [5.41, 5.74) is 4.75. The Morgan fingerprint density at radius 2 is 1.66 bits per heavy atom. The summed E-state index contributed by atoms with van der Waals surface area (Å²) in [5.74, 6) is 0.800. The Kier molecular flexibility index (Phi) is 10.3. The van der Waals surface area contributed by atoms with Gasteiger partial charge < -0.3 is 33.9 Å². The van der Waals surface area contributed by atoms with Gasteiger partial charge in [-0.15, -0.1) is 0 Å². The van der Waals surface area contributed by atoms with Crippen molar-refractivity contribution in [1.82, 2.24) is 9.88 Å². The van der Waals surface area contributed by atoms with Gasteiger partial charge in [-0.1, -0.05) is 30.2 Å². The summed E-state index contributed by atoms with van der Waals surface area (Å²) in [6.07, 6.45) is 7.97. The highest BCUT2D eigenvalue weighted by atomic mass is 32.1. The summed E-state index contributed by atoms with van der Waals surface area (Å²) >= 11 is 1.85. The molecule has 1 aliphatic heterocycles. The quantitative estimate of drug-likeness (QED) is 0.315. The van der Waals surface area contributed by atoms with Crippen molar-refractivity contribution in [3.63, 3.8) is 0 Å². The maximum atomic E-state index is 5.75. The van der Waals surface area contributed by atoms with E-state index in [2.05, 4.69) is 29.4 Å². The lowest BCUT2D eigenvalue weighted by molar-refractivity contribution is -0.00700. The first-order valence-electron chi connectivity index (χ1n) is 14.4. The molecule has 1 N–H and O–H groups in total. The van der Waals surface area contributed by atoms with Crippen LogP contribution in [0.15, 0.2) is 12.1 Å². The van der Waals surface area contributed by atoms with Crippen molar-refractivity contribution >= 4 is 26.7 Å². The van der Waals surface area contributed by atoms with Gasteiger partial charge in [-0.05, 0) is 62.4 Å². The minimum Gasteiger partial charge on any atom is -0.382 e. The van der Waals surface area contributed by atoms with Crippen LogP contribution >= 0.6 is 11.3 Å². The highest BCUT2D eigenvalue weighted by Gasteiger charge is 2.53. The summed E-state index contributed by atoms with van der Waals surface area (Å²) in [5, 5.41) is 4.52. The van der Waals surface area contributed by atoms with Crippen molar-refractivity contribution < 1.29 is 23.7 Å². The number of rotatable bonds is 16. The van der Waals surface area contributed by atoms with Gasteiger partial charge >= 0.3 is 0 Å². The summed E-state index contributed by atoms with van der Waals surface area (Å²) < 4.78 is 28.5. The number of likely N-dealkylation sites (N-methyl/N-ethyl adjacent to an activating group) is 1. The van der Waals surface area contributed by atoms with Crippen molar-refractivity contribution in [2.75, 3.05) is 92.0 Å². The molecule has 5 rings (SSSR count). The molecule has 212 valence electrons. The molecule has 2 aliphatic carbocycles. The first-order valence-corrected chi connectivity index (χ1v) is 15.2. The number of piperidine rings is 1. The molecule has 2 fully saturated rings. The van der Waals surface area contributed by atoms with E-state index >= 15 is 0 Å². The van der Waals surface area contributed by atoms with E-state index in [1.54, 1.807) is 18.2 Å². The van der Waals surface area contributed by atoms with Crippen LogP contribution < -0.4 is 5.32 Å². The van der Waals surface area contributed by atoms with Crippen molar-refractivity contribution in [1.29, 1.82) is 0 Å². The number of benzene rings is 1. The van der Waals surface area contributed by atoms with E-state index in [1.807, 2.05) is 11.3 Å². The number of anilines is 1. The lowest BCUT2D eigenvalue weighted by atomic mass is 9.52. The molecule has 1 saturated carbocycles. The minimum absolute atomic E-state index is 0.359. The van der Waals surface area contributed by atoms with Crippen molar-refractivity contribution in [2.24, 2.45) is 5.92 Å². The van der Waals surface area contributed by atoms with Gasteiger partial charge in [0.2, 0.25) is 0 Å². The molecular weight excluding hydrogens is 502 g/mol. The molecule has 3 atom stereocenters. The van der Waals surface area contributed by atoms with Gasteiger partial charge in [-0.25, -0.2) is 4.98 Å². The first-order chi connectivity index (χ1) is 18.7. The second-order valence-corrected chi connectivity index (χ2v) is 11.8. The zero-order chi connectivity index (χ0) is 26.2. The van der Waals surface area contributed by atoms with Crippen molar-refractivity contribution in [3.8, 4) is 0 Å². The van der Waals surface area contributed by atoms with Crippen LogP contribution in [-0.2, 0) is 35.5 Å². The Hall–Kier alpha value is -1.33. The molecule has 0 amide bonds. The van der Waals surface area contributed by atoms with Crippen LogP contribution in [0.3, 0.4) is 0 Å². The fourth-order valence-corrected chi connectivity index (χ4v) is 8.07. The average Bonchev–Trinajstić information content (AvgIpc) is 3.35. The zero-order valence-electron chi connectivity index (χ0n) is 23.2. The van der Waals surface area contributed by atoms with E-state index in [9.17, 15) is 0 Å². The molecule has 1 aromatic carbocycles. The van der Waals surface area contributed by atoms with Gasteiger partial charge in [0.25, 0.3) is 0 Å². The van der Waals surface area contributed by atoms with E-state index in [0.717, 1.165) is 23.1 Å². The van der Waals surface area contributed by atoms with Gasteiger partial charge in [0, 0.05) is 25.1 Å². The summed E-state index contributed by atoms with van der Waals surface area (Å²) in [6.45, 7) is 7.24. The van der Waals surface area contributed by atoms with Crippen molar-refractivity contribution in [2.45, 2.75) is 50.0 Å². The number of hydrogen-bond donors (Lipinski definition) is 1. The smallest absolute Gasteiger partial charge is 0.183 e. The standard InChI is InChI=1S/C29H45N3O5S/c1-32-11-9-29-8-4-3-5-23(29)25(32)21-22-6-7-24-27(26(22)29)38-28(31-24)30-10-12-34-15-16-36-19-20-37-18-17-35-14-13-33-2/h6-7,23,25H,3-5,8-21H2,1-2H3,(H,30,31)/t23-,25+,29?/m0/s1. The number of ether oxygens (including phenoxy) is 5. The van der Waals surface area contributed by atoms with Gasteiger partial charge in [-0.3, -0.25) is 0 Å². The monoisotopic (exact) mass is 547 g/mol. The Morgan fingerprint density at radius 1 is 0.947 bits per heavy atom. The molecule has 9 heteroatoms. The predicted octanol–water partition coefficient (Wildman–Crippen LogP) is 4.11. The molecular formula is C29H45N3O5S. The fraction of sp³-hybridized carbons (Fsp3) is 0.759. The lowest BCUT2D eigenvalue weighted by Gasteiger charge is -2.58. The summed E-state index contributed by atoms with van der Waals surface area (Å²) in [4.78, 5) is 7.61. The number of nitrogens with zero attached hydrogens (tertiary/aromatic N) is 2. The molecule has 1 aromatic heterocycles. The van der Waals surface area contributed by atoms with Crippen LogP contribution in [0.25, 0.3) is 10.2 Å². The Labute approximate surface area is 231 Å². The first kappa shape index (κ1) is 28.2. The SMILES string of the molecule is COCCOCCOCCOCCOCCNc1nc2ccc3c(c2s1)C12CCCC[C@H]1[C@@H](C3)N(C)CC2. The molecule has 2 bridgehead atoms. The van der Waals surface area contributed by atoms with Crippen LogP contribution in [0.1, 0.15) is 43.2 Å². The van der Waals surface area contributed by atoms with E-state index in [4.69, 9.17) is 28.7 Å². The number of nitrogens with one attached hydrogen (secondary N) is 1. The highest BCUT2D eigenvalue weighted by Crippen LogP contribution is 2.57. The lowest BCUT2D eigenvalue weighted by Crippen LogP contribution is -2.59. The number of methoxy groups -OCH3 is 1. The summed E-state index contributed by atoms with van der Waals surface area (Å²) in [7, 11) is 4.01. The number of hydrogen-bond acceptors (Lipinski definition) is 9. The van der Waals surface area contributed by atoms with Crippen LogP contribution in [0, 0.1) is 5.92 Å². The fourth-order valence-electron chi connectivity index (χ4n) is 6.90. The molecule has 1 unspecified atom stereocenters. The van der Waals surface area contributed by atoms with E-state index in [-0.39, 0.29) is 0 Å². The molecule has 38 heavy (non-hydrogen) atoms. The summed E-state index contributed by atoms with van der Waals surface area (Å²) in [6, 6.07) is 5.33. The molecule has 2 aromatic rings. The van der Waals surface area contributed by atoms with Crippen LogP contribution in [0.4, 0.5) is 5.13 Å². The number of likely N-dealkylation sites (tertiary alicyclic amines) is 1. The maximum absolute atomic E-state index is 5.75. The highest BCUT2D eigenvalue weighted by molar-refractivity contribution is 7.22. The molecule has 0 radical (unpaired) electrons. The largest absolute Gasteiger partial charge is 0.382 e. The van der Waals surface area contributed by atoms with Crippen LogP contribution in [0.2, 0.25) is 0 Å². The minimum atomic E-state index is 0.359. The molecule has 2 heterocycles. The van der Waals surface area contributed by atoms with Crippen LogP contribution in [-0.4, -0.2) is 103 Å². The number of thiazole rings is 1. The molecule has 8 nitrogen and oxygen atoms in total. The van der Waals surface area contributed by atoms with E-state index in [0.29, 0.717) is 70.9 Å². The number of aromatic nitrogens is 1. The van der Waals surface area contributed by atoms with Gasteiger partial charge in [0.1, 0.15) is 0 Å². The molecule has 3 aliphatic rings. The number of fused-ring (bicyclic) bond motifs is 3. The Morgan fingerprint density at radius 3 is 2.39 bits per heavy atom.